The second-order valence-electron chi connectivity index (χ2n) is 2.75. The van der Waals surface area contributed by atoms with E-state index in [-0.39, 0.29) is 13.0 Å². The van der Waals surface area contributed by atoms with Gasteiger partial charge in [-0.3, -0.25) is 4.79 Å². The van der Waals surface area contributed by atoms with E-state index in [2.05, 4.69) is 0 Å². The molecule has 0 saturated carbocycles. The van der Waals surface area contributed by atoms with Crippen molar-refractivity contribution in [1.82, 2.24) is 0 Å². The largest absolute Gasteiger partial charge is 0.507 e. The Morgan fingerprint density at radius 3 is 2.50 bits per heavy atom. The number of hydrogen-bond acceptors (Lipinski definition) is 4. The number of rotatable bonds is 3. The van der Waals surface area contributed by atoms with E-state index >= 15 is 0 Å². The molecule has 0 amide bonds. The number of phenols is 2. The smallest absolute Gasteiger partial charge is 0.179 e. The van der Waals surface area contributed by atoms with Crippen LogP contribution in [0.5, 0.6) is 11.5 Å². The molecule has 0 aliphatic heterocycles. The van der Waals surface area contributed by atoms with Gasteiger partial charge in [0, 0.05) is 6.42 Å². The Balaban J connectivity index is 3.18. The number of carbonyl (C=O) groups is 1. The molecule has 0 aliphatic carbocycles. The highest BCUT2D eigenvalue weighted by atomic mass is 19.1. The van der Waals surface area contributed by atoms with Gasteiger partial charge in [-0.2, -0.15) is 0 Å². The fourth-order valence-corrected chi connectivity index (χ4v) is 1.08. The molecule has 0 spiro atoms. The Hall–Kier alpha value is -1.62. The number of Topliss-reactive ketones (excluding diaryl/α,β-unsaturated/α-hetero) is 1. The Morgan fingerprint density at radius 1 is 1.36 bits per heavy atom. The maximum atomic E-state index is 13.2. The lowest BCUT2D eigenvalue weighted by atomic mass is 10.1. The molecule has 0 bridgehead atoms. The summed E-state index contributed by atoms with van der Waals surface area (Å²) in [5.74, 6) is -2.89. The van der Waals surface area contributed by atoms with Crippen molar-refractivity contribution in [3.05, 3.63) is 23.5 Å². The van der Waals surface area contributed by atoms with Crippen LogP contribution in [0.25, 0.3) is 0 Å². The second kappa shape index (κ2) is 4.06. The number of benzene rings is 1. The summed E-state index contributed by atoms with van der Waals surface area (Å²) >= 11 is 0. The van der Waals surface area contributed by atoms with Crippen molar-refractivity contribution in [2.45, 2.75) is 6.42 Å². The maximum absolute atomic E-state index is 13.2. The van der Waals surface area contributed by atoms with Crippen LogP contribution in [0.2, 0.25) is 0 Å². The van der Waals surface area contributed by atoms with Gasteiger partial charge in [-0.25, -0.2) is 4.39 Å². The zero-order valence-electron chi connectivity index (χ0n) is 7.33. The van der Waals surface area contributed by atoms with Crippen molar-refractivity contribution < 1.29 is 19.4 Å². The van der Waals surface area contributed by atoms with Crippen LogP contribution in [-0.2, 0) is 0 Å². The molecule has 0 aromatic heterocycles. The van der Waals surface area contributed by atoms with Gasteiger partial charge in [0.1, 0.15) is 5.75 Å². The van der Waals surface area contributed by atoms with E-state index < -0.39 is 28.7 Å². The quantitative estimate of drug-likeness (QED) is 0.496. The van der Waals surface area contributed by atoms with E-state index in [1.807, 2.05) is 0 Å². The van der Waals surface area contributed by atoms with Gasteiger partial charge in [0.05, 0.1) is 5.56 Å². The summed E-state index contributed by atoms with van der Waals surface area (Å²) in [6.07, 6.45) is -0.0755. The van der Waals surface area contributed by atoms with Crippen molar-refractivity contribution in [2.24, 2.45) is 5.73 Å². The van der Waals surface area contributed by atoms with Gasteiger partial charge in [0.15, 0.2) is 17.3 Å². The molecule has 1 rings (SSSR count). The van der Waals surface area contributed by atoms with Crippen LogP contribution in [-0.4, -0.2) is 22.5 Å². The molecule has 0 saturated heterocycles. The molecule has 4 nitrogen and oxygen atoms in total. The molecule has 1 aromatic rings. The van der Waals surface area contributed by atoms with Crippen molar-refractivity contribution in [3.63, 3.8) is 0 Å². The van der Waals surface area contributed by atoms with Gasteiger partial charge in [-0.1, -0.05) is 0 Å². The summed E-state index contributed by atoms with van der Waals surface area (Å²) in [4.78, 5) is 11.2. The number of nitrogens with two attached hydrogens (primary N) is 1. The summed E-state index contributed by atoms with van der Waals surface area (Å²) in [5.41, 5.74) is 4.61. The van der Waals surface area contributed by atoms with Crippen molar-refractivity contribution >= 4 is 5.78 Å². The summed E-state index contributed by atoms with van der Waals surface area (Å²) in [5, 5.41) is 18.2. The van der Waals surface area contributed by atoms with Crippen LogP contribution in [0, 0.1) is 5.82 Å². The number of carbonyl (C=O) groups excluding carboxylic acids is 1. The highest BCUT2D eigenvalue weighted by Gasteiger charge is 2.18. The van der Waals surface area contributed by atoms with Gasteiger partial charge in [-0.05, 0) is 18.7 Å². The first-order chi connectivity index (χ1) is 6.57. The Morgan fingerprint density at radius 2 is 1.93 bits per heavy atom. The molecule has 1 aromatic carbocycles. The molecule has 0 heterocycles. The monoisotopic (exact) mass is 199 g/mol. The highest BCUT2D eigenvalue weighted by Crippen LogP contribution is 2.27. The van der Waals surface area contributed by atoms with Crippen LogP contribution < -0.4 is 5.73 Å². The minimum absolute atomic E-state index is 0.0629. The number of hydrogen-bond donors (Lipinski definition) is 3. The minimum Gasteiger partial charge on any atom is -0.507 e. The number of aromatic hydroxyl groups is 2. The van der Waals surface area contributed by atoms with E-state index in [0.29, 0.717) is 0 Å². The predicted octanol–water partition coefficient (Wildman–Crippen LogP) is 0.768. The average Bonchev–Trinajstić information content (AvgIpc) is 2.13. The lowest BCUT2D eigenvalue weighted by molar-refractivity contribution is 0.0978. The third kappa shape index (κ3) is 1.82. The van der Waals surface area contributed by atoms with Crippen molar-refractivity contribution in [2.75, 3.05) is 6.54 Å². The molecule has 5 heteroatoms. The van der Waals surface area contributed by atoms with Crippen molar-refractivity contribution in [3.8, 4) is 11.5 Å². The van der Waals surface area contributed by atoms with E-state index in [1.165, 1.54) is 0 Å². The minimum atomic E-state index is -1.11. The first-order valence-corrected chi connectivity index (χ1v) is 4.01. The summed E-state index contributed by atoms with van der Waals surface area (Å²) in [6.45, 7) is 0.0629. The van der Waals surface area contributed by atoms with E-state index in [0.717, 1.165) is 12.1 Å². The molecule has 0 aliphatic rings. The van der Waals surface area contributed by atoms with Crippen LogP contribution in [0.4, 0.5) is 4.39 Å². The lowest BCUT2D eigenvalue weighted by Gasteiger charge is -2.05. The maximum Gasteiger partial charge on any atom is 0.179 e. The van der Waals surface area contributed by atoms with E-state index in [1.54, 1.807) is 0 Å². The zero-order valence-corrected chi connectivity index (χ0v) is 7.33. The van der Waals surface area contributed by atoms with Crippen LogP contribution >= 0.6 is 0 Å². The third-order valence-electron chi connectivity index (χ3n) is 1.75. The van der Waals surface area contributed by atoms with Gasteiger partial charge in [0.2, 0.25) is 0 Å². The fraction of sp³-hybridized carbons (Fsp3) is 0.222. The van der Waals surface area contributed by atoms with Gasteiger partial charge < -0.3 is 15.9 Å². The van der Waals surface area contributed by atoms with Crippen LogP contribution in [0.1, 0.15) is 16.8 Å². The molecule has 0 fully saturated rings. The fourth-order valence-electron chi connectivity index (χ4n) is 1.08. The Bertz CT molecular complexity index is 365. The van der Waals surface area contributed by atoms with Crippen molar-refractivity contribution in [1.29, 1.82) is 0 Å². The summed E-state index contributed by atoms with van der Waals surface area (Å²) in [6, 6.07) is 2.03. The molecule has 0 radical (unpaired) electrons. The number of phenolic OH excluding ortho intramolecular Hbond substituents is 2. The number of halogens is 1. The highest BCUT2D eigenvalue weighted by molar-refractivity contribution is 5.99. The standard InChI is InChI=1S/C9H10FNO3/c10-9-7(14)2-1-5(12)8(9)6(13)3-4-11/h1-2,12,14H,3-4,11H2. The SMILES string of the molecule is NCCC(=O)c1c(O)ccc(O)c1F. The Labute approximate surface area is 79.8 Å². The molecular weight excluding hydrogens is 189 g/mol. The molecule has 76 valence electrons. The van der Waals surface area contributed by atoms with E-state index in [9.17, 15) is 14.3 Å². The Kier molecular flexibility index (Phi) is 3.03. The van der Waals surface area contributed by atoms with Crippen LogP contribution in [0.15, 0.2) is 12.1 Å². The van der Waals surface area contributed by atoms with Gasteiger partial charge >= 0.3 is 0 Å². The first-order valence-electron chi connectivity index (χ1n) is 4.01. The summed E-state index contributed by atoms with van der Waals surface area (Å²) < 4.78 is 13.2. The van der Waals surface area contributed by atoms with Gasteiger partial charge in [-0.15, -0.1) is 0 Å². The van der Waals surface area contributed by atoms with Gasteiger partial charge in [0.25, 0.3) is 0 Å². The molecule has 14 heavy (non-hydrogen) atoms. The molecule has 0 atom stereocenters. The lowest BCUT2D eigenvalue weighted by Crippen LogP contribution is -2.10. The first kappa shape index (κ1) is 10.5. The van der Waals surface area contributed by atoms with Crippen LogP contribution in [0.3, 0.4) is 0 Å². The number of ketones is 1. The average molecular weight is 199 g/mol. The third-order valence-corrected chi connectivity index (χ3v) is 1.75. The topological polar surface area (TPSA) is 83.6 Å². The second-order valence-corrected chi connectivity index (χ2v) is 2.75. The summed E-state index contributed by atoms with van der Waals surface area (Å²) in [7, 11) is 0. The molecular formula is C9H10FNO3. The predicted molar refractivity (Wildman–Crippen MR) is 47.7 cm³/mol. The molecule has 4 N–H and O–H groups in total. The normalized spacial score (nSPS) is 10.1. The molecule has 0 unspecified atom stereocenters. The van der Waals surface area contributed by atoms with E-state index in [4.69, 9.17) is 10.8 Å². The zero-order chi connectivity index (χ0) is 10.7.